The Morgan fingerprint density at radius 2 is 1.79 bits per heavy atom. The minimum absolute atomic E-state index is 0.00913. The van der Waals surface area contributed by atoms with Gasteiger partial charge in [0.05, 0.1) is 17.2 Å². The number of benzene rings is 1. The summed E-state index contributed by atoms with van der Waals surface area (Å²) in [6, 6.07) is 11.1. The van der Waals surface area contributed by atoms with Crippen LogP contribution in [0.25, 0.3) is 16.5 Å². The summed E-state index contributed by atoms with van der Waals surface area (Å²) in [5, 5.41) is 0.655. The number of aromatic nitrogens is 3. The fourth-order valence-electron chi connectivity index (χ4n) is 4.06. The number of allylic oxidation sites excluding steroid dienone is 1. The van der Waals surface area contributed by atoms with Gasteiger partial charge >= 0.3 is 0 Å². The molecule has 0 N–H and O–H groups in total. The van der Waals surface area contributed by atoms with Crippen LogP contribution in [0.5, 0.6) is 0 Å². The van der Waals surface area contributed by atoms with Crippen molar-refractivity contribution in [3.63, 3.8) is 0 Å². The number of fused-ring (bicyclic) bond motifs is 1. The summed E-state index contributed by atoms with van der Waals surface area (Å²) in [6.45, 7) is 4.65. The third-order valence-electron chi connectivity index (χ3n) is 5.73. The molecule has 1 aromatic carbocycles. The summed E-state index contributed by atoms with van der Waals surface area (Å²) >= 11 is 0. The molecule has 5 heteroatoms. The van der Waals surface area contributed by atoms with Crippen LogP contribution in [0.15, 0.2) is 66.5 Å². The van der Waals surface area contributed by atoms with Gasteiger partial charge in [0.1, 0.15) is 0 Å². The lowest BCUT2D eigenvalue weighted by Crippen LogP contribution is -2.28. The molecule has 2 heterocycles. The van der Waals surface area contributed by atoms with Gasteiger partial charge in [0.25, 0.3) is 5.56 Å². The first-order chi connectivity index (χ1) is 13.6. The lowest BCUT2D eigenvalue weighted by atomic mass is 9.78. The van der Waals surface area contributed by atoms with Gasteiger partial charge in [-0.1, -0.05) is 18.7 Å². The molecule has 3 aromatic rings. The summed E-state index contributed by atoms with van der Waals surface area (Å²) < 4.78 is 1.71. The monoisotopic (exact) mass is 373 g/mol. The number of nitrogens with zero attached hydrogens (tertiary/aromatic N) is 3. The highest BCUT2D eigenvalue weighted by atomic mass is 16.1. The van der Waals surface area contributed by atoms with Gasteiger partial charge in [0.2, 0.25) is 0 Å². The van der Waals surface area contributed by atoms with Crippen LogP contribution in [0.2, 0.25) is 0 Å². The predicted octanol–water partition coefficient (Wildman–Crippen LogP) is 3.88. The molecule has 0 bridgehead atoms. The maximum absolute atomic E-state index is 12.8. The van der Waals surface area contributed by atoms with E-state index in [9.17, 15) is 9.59 Å². The number of carbonyl (C=O) groups excluding carboxylic acids is 1. The molecule has 4 rings (SSSR count). The number of carbonyl (C=O) groups is 1. The van der Waals surface area contributed by atoms with Gasteiger partial charge < -0.3 is 0 Å². The Kier molecular flexibility index (Phi) is 5.15. The van der Waals surface area contributed by atoms with E-state index < -0.39 is 0 Å². The third-order valence-corrected chi connectivity index (χ3v) is 5.73. The van der Waals surface area contributed by atoms with Crippen molar-refractivity contribution < 1.29 is 4.79 Å². The molecule has 1 saturated carbocycles. The zero-order chi connectivity index (χ0) is 19.5. The minimum atomic E-state index is 0.00913. The standard InChI is InChI=1S/C23H23N3O2/c1-16(18-10-12-24-13-11-18)22(27)19-8-6-17(7-9-19)14-26-15-25-21-5-3-2-4-20(21)23(26)28/h2-5,10-13,15,17,19H,1,6-9,14H2. The largest absolute Gasteiger partial charge is 0.298 e. The molecule has 5 nitrogen and oxygen atoms in total. The van der Waals surface area contributed by atoms with Crippen LogP contribution in [0.3, 0.4) is 0 Å². The number of ketones is 1. The molecular formula is C23H23N3O2. The quantitative estimate of drug-likeness (QED) is 0.637. The second-order valence-electron chi connectivity index (χ2n) is 7.52. The van der Waals surface area contributed by atoms with Crippen molar-refractivity contribution in [1.29, 1.82) is 0 Å². The van der Waals surface area contributed by atoms with E-state index in [2.05, 4.69) is 16.5 Å². The smallest absolute Gasteiger partial charge is 0.261 e. The number of hydrogen-bond donors (Lipinski definition) is 0. The van der Waals surface area contributed by atoms with Crippen LogP contribution >= 0.6 is 0 Å². The lowest BCUT2D eigenvalue weighted by Gasteiger charge is -2.28. The first-order valence-electron chi connectivity index (χ1n) is 9.71. The van der Waals surface area contributed by atoms with Gasteiger partial charge in [-0.05, 0) is 61.4 Å². The Morgan fingerprint density at radius 3 is 2.54 bits per heavy atom. The topological polar surface area (TPSA) is 64.8 Å². The van der Waals surface area contributed by atoms with Crippen molar-refractivity contribution in [2.75, 3.05) is 0 Å². The molecule has 1 aliphatic rings. The van der Waals surface area contributed by atoms with E-state index >= 15 is 0 Å². The zero-order valence-corrected chi connectivity index (χ0v) is 15.8. The van der Waals surface area contributed by atoms with E-state index in [-0.39, 0.29) is 17.3 Å². The second kappa shape index (κ2) is 7.89. The molecule has 28 heavy (non-hydrogen) atoms. The van der Waals surface area contributed by atoms with Crippen molar-refractivity contribution in [3.05, 3.63) is 77.6 Å². The van der Waals surface area contributed by atoms with Crippen LogP contribution in [0.4, 0.5) is 0 Å². The summed E-state index contributed by atoms with van der Waals surface area (Å²) in [4.78, 5) is 33.8. The van der Waals surface area contributed by atoms with E-state index in [0.717, 1.165) is 36.8 Å². The fraction of sp³-hybridized carbons (Fsp3) is 0.304. The van der Waals surface area contributed by atoms with E-state index in [1.165, 1.54) is 0 Å². The molecule has 0 radical (unpaired) electrons. The summed E-state index contributed by atoms with van der Waals surface area (Å²) in [5.41, 5.74) is 2.15. The highest BCUT2D eigenvalue weighted by Gasteiger charge is 2.28. The van der Waals surface area contributed by atoms with Crippen molar-refractivity contribution in [2.24, 2.45) is 11.8 Å². The van der Waals surface area contributed by atoms with E-state index in [4.69, 9.17) is 0 Å². The Hall–Kier alpha value is -3.08. The van der Waals surface area contributed by atoms with Crippen molar-refractivity contribution >= 4 is 22.3 Å². The molecule has 0 unspecified atom stereocenters. The predicted molar refractivity (Wildman–Crippen MR) is 110 cm³/mol. The summed E-state index contributed by atoms with van der Waals surface area (Å²) in [5.74, 6) is 0.538. The summed E-state index contributed by atoms with van der Waals surface area (Å²) in [6.07, 6.45) is 8.54. The molecule has 0 atom stereocenters. The zero-order valence-electron chi connectivity index (χ0n) is 15.8. The van der Waals surface area contributed by atoms with Crippen molar-refractivity contribution in [3.8, 4) is 0 Å². The number of Topliss-reactive ketones (excluding diaryl/α,β-unsaturated/α-hetero) is 1. The molecule has 142 valence electrons. The van der Waals surface area contributed by atoms with Gasteiger partial charge in [-0.15, -0.1) is 0 Å². The Balaban J connectivity index is 1.39. The van der Waals surface area contributed by atoms with E-state index in [1.54, 1.807) is 23.3 Å². The van der Waals surface area contributed by atoms with Crippen molar-refractivity contribution in [2.45, 2.75) is 32.2 Å². The molecule has 2 aromatic heterocycles. The van der Waals surface area contributed by atoms with E-state index in [0.29, 0.717) is 23.4 Å². The molecule has 0 amide bonds. The normalized spacial score (nSPS) is 19.4. The number of rotatable bonds is 5. The van der Waals surface area contributed by atoms with Crippen LogP contribution in [0.1, 0.15) is 31.2 Å². The average molecular weight is 373 g/mol. The molecule has 0 aliphatic heterocycles. The third kappa shape index (κ3) is 3.65. The maximum Gasteiger partial charge on any atom is 0.261 e. The molecular weight excluding hydrogens is 350 g/mol. The Morgan fingerprint density at radius 1 is 1.07 bits per heavy atom. The number of hydrogen-bond acceptors (Lipinski definition) is 4. The van der Waals surface area contributed by atoms with Crippen LogP contribution in [-0.4, -0.2) is 20.3 Å². The van der Waals surface area contributed by atoms with Gasteiger partial charge in [0.15, 0.2) is 5.78 Å². The van der Waals surface area contributed by atoms with Crippen LogP contribution in [-0.2, 0) is 11.3 Å². The minimum Gasteiger partial charge on any atom is -0.298 e. The van der Waals surface area contributed by atoms with Crippen LogP contribution in [0, 0.1) is 11.8 Å². The molecule has 0 spiro atoms. The van der Waals surface area contributed by atoms with Gasteiger partial charge in [-0.3, -0.25) is 19.1 Å². The highest BCUT2D eigenvalue weighted by molar-refractivity contribution is 6.20. The van der Waals surface area contributed by atoms with E-state index in [1.807, 2.05) is 36.4 Å². The van der Waals surface area contributed by atoms with Gasteiger partial charge in [-0.2, -0.15) is 0 Å². The lowest BCUT2D eigenvalue weighted by molar-refractivity contribution is -0.118. The van der Waals surface area contributed by atoms with Gasteiger partial charge in [0, 0.05) is 30.4 Å². The highest BCUT2D eigenvalue weighted by Crippen LogP contribution is 2.33. The maximum atomic E-state index is 12.8. The first kappa shape index (κ1) is 18.3. The Labute approximate surface area is 163 Å². The fourth-order valence-corrected chi connectivity index (χ4v) is 4.06. The second-order valence-corrected chi connectivity index (χ2v) is 7.52. The molecule has 1 fully saturated rings. The first-order valence-corrected chi connectivity index (χ1v) is 9.71. The van der Waals surface area contributed by atoms with Crippen molar-refractivity contribution in [1.82, 2.24) is 14.5 Å². The summed E-state index contributed by atoms with van der Waals surface area (Å²) in [7, 11) is 0. The average Bonchev–Trinajstić information content (AvgIpc) is 2.76. The Bertz CT molecular complexity index is 1060. The van der Waals surface area contributed by atoms with Crippen LogP contribution < -0.4 is 5.56 Å². The molecule has 0 saturated heterocycles. The van der Waals surface area contributed by atoms with Gasteiger partial charge in [-0.25, -0.2) is 4.98 Å². The number of pyridine rings is 1. The SMILES string of the molecule is C=C(C(=O)C1CCC(Cn2cnc3ccccc3c2=O)CC1)c1ccncc1. The number of para-hydroxylation sites is 1. The molecule has 1 aliphatic carbocycles.